The lowest BCUT2D eigenvalue weighted by molar-refractivity contribution is -0.119. The van der Waals surface area contributed by atoms with Crippen LogP contribution in [0.4, 0.5) is 5.82 Å². The zero-order chi connectivity index (χ0) is 18.3. The summed E-state index contributed by atoms with van der Waals surface area (Å²) in [6.07, 6.45) is 6.75. The fourth-order valence-electron chi connectivity index (χ4n) is 4.54. The molecule has 0 atom stereocenters. The molecule has 1 amide bonds. The Bertz CT molecular complexity index is 810. The summed E-state index contributed by atoms with van der Waals surface area (Å²) in [5.74, 6) is 2.15. The van der Waals surface area contributed by atoms with Crippen LogP contribution in [0, 0.1) is 5.92 Å². The number of nitrogens with two attached hydrogens (primary N) is 1. The number of sulfone groups is 1. The summed E-state index contributed by atoms with van der Waals surface area (Å²) in [4.78, 5) is 22.9. The van der Waals surface area contributed by atoms with Gasteiger partial charge < -0.3 is 10.6 Å². The van der Waals surface area contributed by atoms with Crippen LogP contribution in [0.5, 0.6) is 0 Å². The van der Waals surface area contributed by atoms with Crippen LogP contribution in [0.2, 0.25) is 0 Å². The largest absolute Gasteiger partial charge is 0.370 e. The van der Waals surface area contributed by atoms with E-state index in [1.165, 1.54) is 12.8 Å². The summed E-state index contributed by atoms with van der Waals surface area (Å²) >= 11 is 0. The lowest BCUT2D eigenvalue weighted by atomic mass is 9.93. The monoisotopic (exact) mass is 378 g/mol. The summed E-state index contributed by atoms with van der Waals surface area (Å²) in [5.41, 5.74) is 6.82. The number of hydrogen-bond acceptors (Lipinski definition) is 6. The molecule has 1 aromatic heterocycles. The molecule has 2 aliphatic heterocycles. The van der Waals surface area contributed by atoms with Gasteiger partial charge in [0.25, 0.3) is 0 Å². The molecule has 0 unspecified atom stereocenters. The minimum atomic E-state index is -3.12. The van der Waals surface area contributed by atoms with Crippen LogP contribution >= 0.6 is 0 Å². The molecule has 1 saturated heterocycles. The highest BCUT2D eigenvalue weighted by Crippen LogP contribution is 2.38. The van der Waals surface area contributed by atoms with Crippen molar-refractivity contribution >= 4 is 21.6 Å². The first-order chi connectivity index (χ1) is 12.4. The first-order valence-corrected chi connectivity index (χ1v) is 11.4. The van der Waals surface area contributed by atoms with E-state index in [1.807, 2.05) is 0 Å². The Morgan fingerprint density at radius 3 is 2.42 bits per heavy atom. The Morgan fingerprint density at radius 2 is 1.77 bits per heavy atom. The van der Waals surface area contributed by atoms with Crippen molar-refractivity contribution in [1.82, 2.24) is 9.97 Å². The standard InChI is InChI=1S/C18H26N4O3S/c19-16(23)9-12-5-7-22(8-6-12)18-14-10-26(24,25)11-15(14)20-17(21-18)13-3-1-2-4-13/h12-13H,1-11H2,(H2,19,23). The van der Waals surface area contributed by atoms with Crippen molar-refractivity contribution in [2.45, 2.75) is 62.4 Å². The topological polar surface area (TPSA) is 106 Å². The molecule has 3 heterocycles. The number of fused-ring (bicyclic) bond motifs is 1. The zero-order valence-electron chi connectivity index (χ0n) is 15.0. The van der Waals surface area contributed by atoms with Gasteiger partial charge in [-0.3, -0.25) is 4.79 Å². The predicted molar refractivity (Wildman–Crippen MR) is 98.3 cm³/mol. The third-order valence-corrected chi connectivity index (χ3v) is 7.38. The quantitative estimate of drug-likeness (QED) is 0.854. The number of hydrogen-bond donors (Lipinski definition) is 1. The van der Waals surface area contributed by atoms with Gasteiger partial charge in [-0.25, -0.2) is 18.4 Å². The van der Waals surface area contributed by atoms with Crippen LogP contribution in [0.1, 0.15) is 67.9 Å². The molecule has 0 spiro atoms. The van der Waals surface area contributed by atoms with Crippen LogP contribution in [0.25, 0.3) is 0 Å². The fourth-order valence-corrected chi connectivity index (χ4v) is 6.04. The summed E-state index contributed by atoms with van der Waals surface area (Å²) in [5, 5.41) is 0. The number of rotatable bonds is 4. The van der Waals surface area contributed by atoms with E-state index in [0.29, 0.717) is 24.0 Å². The molecule has 26 heavy (non-hydrogen) atoms. The average Bonchev–Trinajstić information content (AvgIpc) is 3.20. The number of amides is 1. The van der Waals surface area contributed by atoms with Gasteiger partial charge in [-0.2, -0.15) is 0 Å². The summed E-state index contributed by atoms with van der Waals surface area (Å²) < 4.78 is 24.4. The Hall–Kier alpha value is -1.70. The molecule has 7 nitrogen and oxygen atoms in total. The van der Waals surface area contributed by atoms with Crippen molar-refractivity contribution in [2.24, 2.45) is 11.7 Å². The minimum Gasteiger partial charge on any atom is -0.370 e. The highest BCUT2D eigenvalue weighted by Gasteiger charge is 2.34. The second kappa shape index (κ2) is 6.79. The molecule has 2 fully saturated rings. The van der Waals surface area contributed by atoms with Crippen molar-refractivity contribution in [3.8, 4) is 0 Å². The van der Waals surface area contributed by atoms with Crippen LogP contribution in [-0.2, 0) is 26.1 Å². The second-order valence-electron chi connectivity index (χ2n) is 7.95. The van der Waals surface area contributed by atoms with Gasteiger partial charge in [0.05, 0.1) is 17.2 Å². The molecule has 1 aliphatic carbocycles. The zero-order valence-corrected chi connectivity index (χ0v) is 15.8. The first kappa shape index (κ1) is 17.7. The maximum Gasteiger partial charge on any atom is 0.217 e. The second-order valence-corrected chi connectivity index (χ2v) is 10.0. The maximum atomic E-state index is 12.2. The number of anilines is 1. The van der Waals surface area contributed by atoms with Gasteiger partial charge in [-0.1, -0.05) is 12.8 Å². The minimum absolute atomic E-state index is 0.0374. The number of primary amides is 1. The number of piperidine rings is 1. The highest BCUT2D eigenvalue weighted by molar-refractivity contribution is 7.90. The van der Waals surface area contributed by atoms with Crippen molar-refractivity contribution in [3.05, 3.63) is 17.1 Å². The van der Waals surface area contributed by atoms with Gasteiger partial charge in [-0.05, 0) is 31.6 Å². The van der Waals surface area contributed by atoms with E-state index in [0.717, 1.165) is 56.0 Å². The van der Waals surface area contributed by atoms with E-state index in [1.54, 1.807) is 0 Å². The SMILES string of the molecule is NC(=O)CC1CCN(c2nc(C3CCCC3)nc3c2CS(=O)(=O)C3)CC1. The van der Waals surface area contributed by atoms with Crippen molar-refractivity contribution in [2.75, 3.05) is 18.0 Å². The summed E-state index contributed by atoms with van der Waals surface area (Å²) in [7, 11) is -3.12. The highest BCUT2D eigenvalue weighted by atomic mass is 32.2. The van der Waals surface area contributed by atoms with Crippen molar-refractivity contribution in [3.63, 3.8) is 0 Å². The Balaban J connectivity index is 1.62. The van der Waals surface area contributed by atoms with Crippen LogP contribution in [0.3, 0.4) is 0 Å². The molecular formula is C18H26N4O3S. The lowest BCUT2D eigenvalue weighted by Crippen LogP contribution is -2.36. The number of aromatic nitrogens is 2. The lowest BCUT2D eigenvalue weighted by Gasteiger charge is -2.33. The maximum absolute atomic E-state index is 12.2. The van der Waals surface area contributed by atoms with E-state index >= 15 is 0 Å². The van der Waals surface area contributed by atoms with Gasteiger partial charge in [0.2, 0.25) is 5.91 Å². The van der Waals surface area contributed by atoms with E-state index in [4.69, 9.17) is 10.7 Å². The van der Waals surface area contributed by atoms with Gasteiger partial charge in [0, 0.05) is 31.0 Å². The molecule has 3 aliphatic rings. The molecule has 1 aromatic rings. The third-order valence-electron chi connectivity index (χ3n) is 5.93. The smallest absolute Gasteiger partial charge is 0.217 e. The third kappa shape index (κ3) is 3.56. The molecule has 2 N–H and O–H groups in total. The molecule has 0 radical (unpaired) electrons. The molecule has 0 aromatic carbocycles. The van der Waals surface area contributed by atoms with E-state index in [9.17, 15) is 13.2 Å². The van der Waals surface area contributed by atoms with E-state index in [-0.39, 0.29) is 17.4 Å². The molecular weight excluding hydrogens is 352 g/mol. The van der Waals surface area contributed by atoms with Gasteiger partial charge in [-0.15, -0.1) is 0 Å². The van der Waals surface area contributed by atoms with E-state index < -0.39 is 9.84 Å². The fraction of sp³-hybridized carbons (Fsp3) is 0.722. The number of carbonyl (C=O) groups is 1. The van der Waals surface area contributed by atoms with Crippen LogP contribution in [-0.4, -0.2) is 37.4 Å². The van der Waals surface area contributed by atoms with E-state index in [2.05, 4.69) is 9.88 Å². The molecule has 8 heteroatoms. The van der Waals surface area contributed by atoms with Gasteiger partial charge in [0.1, 0.15) is 11.6 Å². The summed E-state index contributed by atoms with van der Waals surface area (Å²) in [6.45, 7) is 1.57. The van der Waals surface area contributed by atoms with Crippen LogP contribution < -0.4 is 10.6 Å². The molecule has 4 rings (SSSR count). The average molecular weight is 378 g/mol. The Labute approximate surface area is 154 Å². The molecule has 1 saturated carbocycles. The number of nitrogens with zero attached hydrogens (tertiary/aromatic N) is 3. The Morgan fingerprint density at radius 1 is 1.08 bits per heavy atom. The number of carbonyl (C=O) groups excluding carboxylic acids is 1. The van der Waals surface area contributed by atoms with Crippen molar-refractivity contribution < 1.29 is 13.2 Å². The molecule has 0 bridgehead atoms. The van der Waals surface area contributed by atoms with Gasteiger partial charge >= 0.3 is 0 Å². The first-order valence-electron chi connectivity index (χ1n) is 9.54. The summed E-state index contributed by atoms with van der Waals surface area (Å²) in [6, 6.07) is 0. The van der Waals surface area contributed by atoms with Crippen molar-refractivity contribution in [1.29, 1.82) is 0 Å². The molecule has 142 valence electrons. The van der Waals surface area contributed by atoms with Crippen LogP contribution in [0.15, 0.2) is 0 Å². The normalized spacial score (nSPS) is 23.3. The predicted octanol–water partition coefficient (Wildman–Crippen LogP) is 1.65. The van der Waals surface area contributed by atoms with Gasteiger partial charge in [0.15, 0.2) is 9.84 Å². The Kier molecular flexibility index (Phi) is 4.62.